The monoisotopic (exact) mass is 554 g/mol. The molecule has 0 fully saturated rings. The van der Waals surface area contributed by atoms with Crippen molar-refractivity contribution in [3.05, 3.63) is 76.9 Å². The van der Waals surface area contributed by atoms with Crippen LogP contribution in [-0.2, 0) is 29.4 Å². The van der Waals surface area contributed by atoms with Crippen molar-refractivity contribution in [2.24, 2.45) is 11.7 Å². The van der Waals surface area contributed by atoms with Gasteiger partial charge in [0.1, 0.15) is 11.6 Å². The first-order valence-corrected chi connectivity index (χ1v) is 14.3. The molecule has 1 amide bonds. The van der Waals surface area contributed by atoms with Gasteiger partial charge in [0.15, 0.2) is 0 Å². The lowest BCUT2D eigenvalue weighted by Gasteiger charge is -2.24. The normalized spacial score (nSPS) is 12.7. The fourth-order valence-electron chi connectivity index (χ4n) is 4.54. The van der Waals surface area contributed by atoms with Crippen LogP contribution in [0.4, 0.5) is 4.39 Å². The van der Waals surface area contributed by atoms with E-state index in [0.29, 0.717) is 35.4 Å². The number of sulfonamides is 1. The van der Waals surface area contributed by atoms with Crippen molar-refractivity contribution in [2.75, 3.05) is 19.9 Å². The molecule has 4 aromatic rings. The summed E-state index contributed by atoms with van der Waals surface area (Å²) in [6, 6.07) is 10.9. The summed E-state index contributed by atoms with van der Waals surface area (Å²) < 4.78 is 51.5. The third kappa shape index (κ3) is 6.43. The number of rotatable bonds is 11. The predicted octanol–water partition coefficient (Wildman–Crippen LogP) is 4.34. The molecule has 0 bridgehead atoms. The van der Waals surface area contributed by atoms with Crippen molar-refractivity contribution >= 4 is 27.0 Å². The predicted molar refractivity (Wildman–Crippen MR) is 146 cm³/mol. The van der Waals surface area contributed by atoms with E-state index in [-0.39, 0.29) is 36.0 Å². The third-order valence-electron chi connectivity index (χ3n) is 6.49. The summed E-state index contributed by atoms with van der Waals surface area (Å²) in [6.45, 7) is 4.18. The molecule has 0 radical (unpaired) electrons. The van der Waals surface area contributed by atoms with E-state index in [0.717, 1.165) is 11.1 Å². The van der Waals surface area contributed by atoms with E-state index in [4.69, 9.17) is 14.9 Å². The van der Waals surface area contributed by atoms with Gasteiger partial charge in [0.05, 0.1) is 36.6 Å². The highest BCUT2D eigenvalue weighted by Crippen LogP contribution is 2.34. The molecule has 2 N–H and O–H groups in total. The number of aryl methyl sites for hydroxylation is 1. The quantitative estimate of drug-likeness (QED) is 0.292. The molecule has 0 aliphatic rings. The number of methoxy groups -OCH3 is 1. The second-order valence-electron chi connectivity index (χ2n) is 9.55. The van der Waals surface area contributed by atoms with Gasteiger partial charge in [0.25, 0.3) is 5.91 Å². The summed E-state index contributed by atoms with van der Waals surface area (Å²) in [6.07, 6.45) is 4.05. The van der Waals surface area contributed by atoms with Crippen molar-refractivity contribution < 1.29 is 26.8 Å². The smallest absolute Gasteiger partial charge is 0.253 e. The maximum absolute atomic E-state index is 13.5. The fraction of sp³-hybridized carbons (Fsp3) is 0.321. The number of hydrogen-bond donors (Lipinski definition) is 1. The van der Waals surface area contributed by atoms with Gasteiger partial charge in [-0.25, -0.2) is 22.8 Å². The molecular formula is C28H31FN4O5S. The summed E-state index contributed by atoms with van der Waals surface area (Å²) in [5, 5.41) is 0.425. The lowest BCUT2D eigenvalue weighted by Crippen LogP contribution is -2.34. The van der Waals surface area contributed by atoms with Crippen LogP contribution >= 0.6 is 0 Å². The largest absolute Gasteiger partial charge is 0.481 e. The van der Waals surface area contributed by atoms with Crippen LogP contribution in [0.25, 0.3) is 22.4 Å². The highest BCUT2D eigenvalue weighted by Gasteiger charge is 2.26. The van der Waals surface area contributed by atoms with Gasteiger partial charge in [-0.3, -0.25) is 4.79 Å². The van der Waals surface area contributed by atoms with Crippen LogP contribution in [0.15, 0.2) is 53.1 Å². The summed E-state index contributed by atoms with van der Waals surface area (Å²) in [5.41, 5.74) is 8.71. The maximum Gasteiger partial charge on any atom is 0.253 e. The first-order chi connectivity index (χ1) is 18.5. The molecule has 1 atom stereocenters. The minimum atomic E-state index is -3.59. The molecule has 206 valence electrons. The molecule has 3 aromatic heterocycles. The zero-order chi connectivity index (χ0) is 28.3. The average Bonchev–Trinajstić information content (AvgIpc) is 3.26. The van der Waals surface area contributed by atoms with Gasteiger partial charge in [-0.05, 0) is 60.2 Å². The van der Waals surface area contributed by atoms with Gasteiger partial charge in [-0.2, -0.15) is 4.31 Å². The van der Waals surface area contributed by atoms with Gasteiger partial charge in [0, 0.05) is 24.4 Å². The first-order valence-electron chi connectivity index (χ1n) is 12.4. The van der Waals surface area contributed by atoms with Crippen molar-refractivity contribution in [1.29, 1.82) is 0 Å². The zero-order valence-electron chi connectivity index (χ0n) is 22.3. The number of aromatic nitrogens is 2. The molecule has 0 saturated carbocycles. The molecule has 9 nitrogen and oxygen atoms in total. The number of halogens is 1. The maximum atomic E-state index is 13.5. The topological polar surface area (TPSA) is 129 Å². The number of furan rings is 1. The molecule has 11 heteroatoms. The highest BCUT2D eigenvalue weighted by molar-refractivity contribution is 7.88. The van der Waals surface area contributed by atoms with Crippen LogP contribution in [0.2, 0.25) is 0 Å². The van der Waals surface area contributed by atoms with Crippen LogP contribution < -0.4 is 10.5 Å². The number of fused-ring (bicyclic) bond motifs is 1. The summed E-state index contributed by atoms with van der Waals surface area (Å²) in [4.78, 5) is 21.3. The number of pyridine rings is 2. The summed E-state index contributed by atoms with van der Waals surface area (Å²) in [5.74, 6) is -0.450. The molecule has 0 aliphatic heterocycles. The molecule has 1 unspecified atom stereocenters. The van der Waals surface area contributed by atoms with Gasteiger partial charge >= 0.3 is 0 Å². The van der Waals surface area contributed by atoms with Crippen LogP contribution in [0.5, 0.6) is 5.88 Å². The highest BCUT2D eigenvalue weighted by atomic mass is 32.2. The molecule has 0 saturated heterocycles. The average molecular weight is 555 g/mol. The van der Waals surface area contributed by atoms with Gasteiger partial charge < -0.3 is 14.9 Å². The number of nitrogens with zero attached hydrogens (tertiary/aromatic N) is 3. The minimum Gasteiger partial charge on any atom is -0.481 e. The van der Waals surface area contributed by atoms with Crippen molar-refractivity contribution in [2.45, 2.75) is 33.2 Å². The molecule has 4 rings (SSSR count). The second kappa shape index (κ2) is 11.5. The third-order valence-corrected chi connectivity index (χ3v) is 7.70. The molecule has 0 spiro atoms. The van der Waals surface area contributed by atoms with Crippen molar-refractivity contribution in [3.63, 3.8) is 0 Å². The number of benzene rings is 1. The van der Waals surface area contributed by atoms with Crippen molar-refractivity contribution in [1.82, 2.24) is 14.3 Å². The summed E-state index contributed by atoms with van der Waals surface area (Å²) in [7, 11) is -2.04. The fourth-order valence-corrected chi connectivity index (χ4v) is 5.43. The molecule has 0 aliphatic carbocycles. The Morgan fingerprint density at radius 1 is 1.21 bits per heavy atom. The van der Waals surface area contributed by atoms with E-state index < -0.39 is 21.7 Å². The standard InChI is InChI=1S/C28H31FN4O5S/c1-5-19-13-22-25(27(30)34)26(20-7-9-21(29)10-8-20)38-28(22)32-23(19)16-33(39(4,35)36)15-17(2)12-18-6-11-24(37-3)31-14-18/h6-11,13-14,17H,5,12,15-16H2,1-4H3,(H2,30,34). The lowest BCUT2D eigenvalue weighted by atomic mass is 10.0. The van der Waals surface area contributed by atoms with Crippen LogP contribution in [0.3, 0.4) is 0 Å². The van der Waals surface area contributed by atoms with E-state index in [1.54, 1.807) is 25.4 Å². The van der Waals surface area contributed by atoms with Crippen LogP contribution in [0.1, 0.15) is 41.0 Å². The number of carbonyl (C=O) groups excluding carboxylic acids is 1. The molecule has 1 aromatic carbocycles. The van der Waals surface area contributed by atoms with E-state index in [2.05, 4.69) is 9.97 Å². The van der Waals surface area contributed by atoms with Crippen LogP contribution in [-0.4, -0.2) is 48.5 Å². The Kier molecular flexibility index (Phi) is 8.31. The number of amides is 1. The van der Waals surface area contributed by atoms with Gasteiger partial charge in [-0.15, -0.1) is 0 Å². The number of nitrogens with two attached hydrogens (primary N) is 1. The number of primary amides is 1. The van der Waals surface area contributed by atoms with E-state index >= 15 is 0 Å². The van der Waals surface area contributed by atoms with E-state index in [1.165, 1.54) is 34.8 Å². The zero-order valence-corrected chi connectivity index (χ0v) is 23.1. The summed E-state index contributed by atoms with van der Waals surface area (Å²) >= 11 is 0. The Balaban J connectivity index is 1.67. The molecule has 39 heavy (non-hydrogen) atoms. The van der Waals surface area contributed by atoms with Crippen molar-refractivity contribution in [3.8, 4) is 17.2 Å². The van der Waals surface area contributed by atoms with Crippen LogP contribution in [0, 0.1) is 11.7 Å². The molecular weight excluding hydrogens is 523 g/mol. The lowest BCUT2D eigenvalue weighted by molar-refractivity contribution is 0.100. The second-order valence-corrected chi connectivity index (χ2v) is 11.5. The van der Waals surface area contributed by atoms with E-state index in [9.17, 15) is 17.6 Å². The Morgan fingerprint density at radius 2 is 1.92 bits per heavy atom. The first kappa shape index (κ1) is 28.2. The number of hydrogen-bond acceptors (Lipinski definition) is 7. The molecule has 3 heterocycles. The minimum absolute atomic E-state index is 0.0149. The Morgan fingerprint density at radius 3 is 2.49 bits per heavy atom. The SMILES string of the molecule is CCc1cc2c(C(N)=O)c(-c3ccc(F)cc3)oc2nc1CN(CC(C)Cc1ccc(OC)nc1)S(C)(=O)=O. The Hall–Kier alpha value is -3.83. The van der Waals surface area contributed by atoms with Gasteiger partial charge in [-0.1, -0.05) is 19.9 Å². The number of ether oxygens (including phenoxy) is 1. The van der Waals surface area contributed by atoms with E-state index in [1.807, 2.05) is 19.9 Å². The number of carbonyl (C=O) groups is 1. The van der Waals surface area contributed by atoms with Gasteiger partial charge in [0.2, 0.25) is 21.6 Å². The Labute approximate surface area is 226 Å². The Bertz CT molecular complexity index is 1590.